The molecule has 0 atom stereocenters. The van der Waals surface area contributed by atoms with E-state index >= 15 is 0 Å². The summed E-state index contributed by atoms with van der Waals surface area (Å²) in [5.74, 6) is 0.303. The lowest BCUT2D eigenvalue weighted by Crippen LogP contribution is -2.26. The number of ether oxygens (including phenoxy) is 1. The van der Waals surface area contributed by atoms with Crippen molar-refractivity contribution in [1.29, 1.82) is 0 Å². The maximum absolute atomic E-state index is 12.5. The van der Waals surface area contributed by atoms with Gasteiger partial charge in [0.15, 0.2) is 5.69 Å². The number of amides is 1. The molecule has 0 N–H and O–H groups in total. The van der Waals surface area contributed by atoms with Crippen molar-refractivity contribution in [3.8, 4) is 0 Å². The van der Waals surface area contributed by atoms with Gasteiger partial charge in [0.05, 0.1) is 13.2 Å². The minimum Gasteiger partial charge on any atom is -0.372 e. The van der Waals surface area contributed by atoms with Crippen LogP contribution in [0.4, 0.5) is 13.2 Å². The molecule has 23 heavy (non-hydrogen) atoms. The predicted octanol–water partition coefficient (Wildman–Crippen LogP) is 2.16. The van der Waals surface area contributed by atoms with Gasteiger partial charge in [-0.25, -0.2) is 9.97 Å². The van der Waals surface area contributed by atoms with Gasteiger partial charge in [0, 0.05) is 25.2 Å². The van der Waals surface area contributed by atoms with Crippen molar-refractivity contribution in [2.75, 3.05) is 13.7 Å². The van der Waals surface area contributed by atoms with Crippen molar-refractivity contribution >= 4 is 17.2 Å². The van der Waals surface area contributed by atoms with Gasteiger partial charge in [0.2, 0.25) is 0 Å². The van der Waals surface area contributed by atoms with Crippen LogP contribution in [0.3, 0.4) is 0 Å². The van der Waals surface area contributed by atoms with Gasteiger partial charge in [-0.3, -0.25) is 4.79 Å². The molecule has 6 nitrogen and oxygen atoms in total. The number of hydrogen-bond acceptors (Lipinski definition) is 5. The van der Waals surface area contributed by atoms with E-state index in [9.17, 15) is 18.0 Å². The number of alkyl halides is 3. The Morgan fingerprint density at radius 2 is 2.26 bits per heavy atom. The van der Waals surface area contributed by atoms with Crippen molar-refractivity contribution in [3.05, 3.63) is 33.8 Å². The fraction of sp³-hybridized carbons (Fsp3) is 0.462. The van der Waals surface area contributed by atoms with Crippen molar-refractivity contribution in [2.24, 2.45) is 0 Å². The molecule has 0 aromatic carbocycles. The topological polar surface area (TPSA) is 60.2 Å². The Bertz CT molecular complexity index is 702. The van der Waals surface area contributed by atoms with Crippen LogP contribution in [0.15, 0.2) is 11.6 Å². The van der Waals surface area contributed by atoms with Crippen LogP contribution in [-0.2, 0) is 30.6 Å². The van der Waals surface area contributed by atoms with Gasteiger partial charge >= 0.3 is 6.18 Å². The first-order valence-corrected chi connectivity index (χ1v) is 7.63. The maximum atomic E-state index is 12.5. The number of hydrogen-bond donors (Lipinski definition) is 0. The maximum Gasteiger partial charge on any atom is 0.434 e. The van der Waals surface area contributed by atoms with Crippen LogP contribution in [0.5, 0.6) is 0 Å². The Balaban J connectivity index is 1.70. The SMILES string of the molecule is CN(Cc1nc(C(F)(F)F)cs1)C(=O)c1cn2c(n1)COCC2. The Kier molecular flexibility index (Phi) is 4.11. The first-order valence-electron chi connectivity index (χ1n) is 6.75. The molecule has 1 amide bonds. The Hall–Kier alpha value is -1.94. The third kappa shape index (κ3) is 3.37. The highest BCUT2D eigenvalue weighted by Gasteiger charge is 2.34. The van der Waals surface area contributed by atoms with E-state index in [4.69, 9.17) is 4.74 Å². The summed E-state index contributed by atoms with van der Waals surface area (Å²) >= 11 is 0.874. The van der Waals surface area contributed by atoms with E-state index in [-0.39, 0.29) is 23.2 Å². The predicted molar refractivity (Wildman–Crippen MR) is 74.8 cm³/mol. The first kappa shape index (κ1) is 15.9. The number of fused-ring (bicyclic) bond motifs is 1. The average Bonchev–Trinajstić information content (AvgIpc) is 3.11. The number of nitrogens with zero attached hydrogens (tertiary/aromatic N) is 4. The zero-order valence-corrected chi connectivity index (χ0v) is 12.9. The van der Waals surface area contributed by atoms with Crippen LogP contribution >= 0.6 is 11.3 Å². The van der Waals surface area contributed by atoms with Crippen molar-refractivity contribution in [2.45, 2.75) is 25.9 Å². The first-order chi connectivity index (χ1) is 10.8. The summed E-state index contributed by atoms with van der Waals surface area (Å²) in [6.07, 6.45) is -2.83. The second-order valence-corrected chi connectivity index (χ2v) is 6.02. The smallest absolute Gasteiger partial charge is 0.372 e. The van der Waals surface area contributed by atoms with Gasteiger partial charge in [-0.15, -0.1) is 11.3 Å². The van der Waals surface area contributed by atoms with E-state index in [0.29, 0.717) is 25.6 Å². The van der Waals surface area contributed by atoms with Gasteiger partial charge in [-0.1, -0.05) is 0 Å². The minimum atomic E-state index is -4.47. The number of imidazole rings is 1. The number of aromatic nitrogens is 3. The van der Waals surface area contributed by atoms with Crippen LogP contribution < -0.4 is 0 Å². The summed E-state index contributed by atoms with van der Waals surface area (Å²) in [6, 6.07) is 0. The van der Waals surface area contributed by atoms with Crippen LogP contribution in [0.2, 0.25) is 0 Å². The zero-order chi connectivity index (χ0) is 16.6. The highest BCUT2D eigenvalue weighted by atomic mass is 32.1. The van der Waals surface area contributed by atoms with Gasteiger partial charge in [-0.05, 0) is 0 Å². The number of halogens is 3. The van der Waals surface area contributed by atoms with Gasteiger partial charge < -0.3 is 14.2 Å². The molecule has 0 saturated carbocycles. The van der Waals surface area contributed by atoms with Gasteiger partial charge in [0.25, 0.3) is 5.91 Å². The number of thiazole rings is 1. The van der Waals surface area contributed by atoms with Crippen LogP contribution in [0.25, 0.3) is 0 Å². The zero-order valence-electron chi connectivity index (χ0n) is 12.1. The molecule has 0 fully saturated rings. The summed E-state index contributed by atoms with van der Waals surface area (Å²) in [7, 11) is 1.51. The fourth-order valence-electron chi connectivity index (χ4n) is 2.18. The number of carbonyl (C=O) groups excluding carboxylic acids is 1. The molecule has 1 aliphatic heterocycles. The molecule has 10 heteroatoms. The van der Waals surface area contributed by atoms with E-state index < -0.39 is 11.9 Å². The molecule has 0 aliphatic carbocycles. The molecule has 2 aromatic heterocycles. The molecular weight excluding hydrogens is 333 g/mol. The molecule has 124 valence electrons. The van der Waals surface area contributed by atoms with Gasteiger partial charge in [0.1, 0.15) is 23.1 Å². The number of carbonyl (C=O) groups is 1. The van der Waals surface area contributed by atoms with E-state index in [0.717, 1.165) is 16.7 Å². The fourth-order valence-corrected chi connectivity index (χ4v) is 3.03. The summed E-state index contributed by atoms with van der Waals surface area (Å²) in [5.41, 5.74) is -0.687. The molecule has 3 rings (SSSR count). The Labute approximate surface area is 133 Å². The molecule has 0 unspecified atom stereocenters. The van der Waals surface area contributed by atoms with Crippen LogP contribution in [0, 0.1) is 0 Å². The summed E-state index contributed by atoms with van der Waals surface area (Å²) in [4.78, 5) is 21.4. The van der Waals surface area contributed by atoms with E-state index in [1.165, 1.54) is 11.9 Å². The monoisotopic (exact) mass is 346 g/mol. The minimum absolute atomic E-state index is 0.00171. The van der Waals surface area contributed by atoms with Crippen molar-refractivity contribution < 1.29 is 22.7 Å². The van der Waals surface area contributed by atoms with Crippen molar-refractivity contribution in [1.82, 2.24) is 19.4 Å². The van der Waals surface area contributed by atoms with Crippen LogP contribution in [0.1, 0.15) is 27.0 Å². The molecule has 0 spiro atoms. The molecule has 0 saturated heterocycles. The highest BCUT2D eigenvalue weighted by molar-refractivity contribution is 7.09. The van der Waals surface area contributed by atoms with Crippen LogP contribution in [-0.4, -0.2) is 39.0 Å². The van der Waals surface area contributed by atoms with Crippen molar-refractivity contribution in [3.63, 3.8) is 0 Å². The standard InChI is InChI=1S/C13H13F3N4O2S/c1-19(5-11-18-9(7-23-11)13(14,15)16)12(21)8-4-20-2-3-22-6-10(20)17-8/h4,7H,2-3,5-6H2,1H3. The highest BCUT2D eigenvalue weighted by Crippen LogP contribution is 2.30. The Morgan fingerprint density at radius 1 is 1.48 bits per heavy atom. The van der Waals surface area contributed by atoms with E-state index in [1.54, 1.807) is 6.20 Å². The quantitative estimate of drug-likeness (QED) is 0.855. The summed E-state index contributed by atoms with van der Waals surface area (Å²) in [5, 5.41) is 1.17. The van der Waals surface area contributed by atoms with E-state index in [2.05, 4.69) is 9.97 Å². The lowest BCUT2D eigenvalue weighted by molar-refractivity contribution is -0.140. The molecule has 0 bridgehead atoms. The van der Waals surface area contributed by atoms with E-state index in [1.807, 2.05) is 4.57 Å². The summed E-state index contributed by atoms with van der Waals surface area (Å²) in [6.45, 7) is 1.53. The lowest BCUT2D eigenvalue weighted by atomic mass is 10.4. The Morgan fingerprint density at radius 3 is 2.91 bits per heavy atom. The molecule has 0 radical (unpaired) electrons. The third-order valence-electron chi connectivity index (χ3n) is 3.35. The number of rotatable bonds is 3. The largest absolute Gasteiger partial charge is 0.434 e. The molecule has 2 aromatic rings. The van der Waals surface area contributed by atoms with Gasteiger partial charge in [-0.2, -0.15) is 13.2 Å². The normalized spacial score (nSPS) is 14.6. The average molecular weight is 346 g/mol. The summed E-state index contributed by atoms with van der Waals surface area (Å²) < 4.78 is 44.7. The lowest BCUT2D eigenvalue weighted by Gasteiger charge is -2.13. The molecule has 3 heterocycles. The molecule has 1 aliphatic rings. The second kappa shape index (κ2) is 5.93. The molecular formula is C13H13F3N4O2S. The second-order valence-electron chi connectivity index (χ2n) is 5.07. The third-order valence-corrected chi connectivity index (χ3v) is 4.18.